The van der Waals surface area contributed by atoms with Crippen LogP contribution in [0.2, 0.25) is 0 Å². The molecule has 4 aromatic rings. The first-order valence-corrected chi connectivity index (χ1v) is 13.3. The molecule has 31 heavy (non-hydrogen) atoms. The summed E-state index contributed by atoms with van der Waals surface area (Å²) in [7, 11) is 0. The third-order valence-electron chi connectivity index (χ3n) is 5.64. The Morgan fingerprint density at radius 2 is 1.32 bits per heavy atom. The SMILES string of the molecule is CCOC(C)(C)c1ccsc1-c1ccc2cc(-c3sccc3C(C)(C)OCC)sc2c1. The Bertz CT molecular complexity index is 1120. The second-order valence-corrected chi connectivity index (χ2v) is 11.5. The van der Waals surface area contributed by atoms with Gasteiger partial charge >= 0.3 is 0 Å². The highest BCUT2D eigenvalue weighted by Gasteiger charge is 2.27. The number of ether oxygens (including phenoxy) is 2. The Morgan fingerprint density at radius 1 is 0.742 bits per heavy atom. The number of fused-ring (bicyclic) bond motifs is 1. The molecule has 0 atom stereocenters. The molecule has 164 valence electrons. The van der Waals surface area contributed by atoms with Crippen molar-refractivity contribution >= 4 is 44.1 Å². The molecule has 0 fully saturated rings. The molecule has 0 saturated heterocycles. The molecule has 1 aromatic carbocycles. The molecule has 3 heterocycles. The summed E-state index contributed by atoms with van der Waals surface area (Å²) in [5.41, 5.74) is 3.21. The maximum Gasteiger partial charge on any atom is 0.0889 e. The van der Waals surface area contributed by atoms with Gasteiger partial charge in [0.1, 0.15) is 0 Å². The van der Waals surface area contributed by atoms with E-state index in [9.17, 15) is 0 Å². The van der Waals surface area contributed by atoms with Crippen molar-refractivity contribution in [3.63, 3.8) is 0 Å². The lowest BCUT2D eigenvalue weighted by Gasteiger charge is -2.25. The van der Waals surface area contributed by atoms with Crippen molar-refractivity contribution < 1.29 is 9.47 Å². The van der Waals surface area contributed by atoms with Crippen molar-refractivity contribution in [1.82, 2.24) is 0 Å². The molecule has 0 unspecified atom stereocenters. The Balaban J connectivity index is 1.74. The Morgan fingerprint density at radius 3 is 1.94 bits per heavy atom. The number of hydrogen-bond acceptors (Lipinski definition) is 5. The van der Waals surface area contributed by atoms with Gasteiger partial charge in [-0.05, 0) is 87.5 Å². The fraction of sp³-hybridized carbons (Fsp3) is 0.385. The second-order valence-electron chi connectivity index (χ2n) is 8.58. The molecular weight excluding hydrogens is 440 g/mol. The average molecular weight is 471 g/mol. The van der Waals surface area contributed by atoms with Crippen molar-refractivity contribution in [2.75, 3.05) is 13.2 Å². The van der Waals surface area contributed by atoms with Crippen LogP contribution in [0.25, 0.3) is 30.3 Å². The summed E-state index contributed by atoms with van der Waals surface area (Å²) in [5, 5.41) is 5.64. The zero-order valence-corrected chi connectivity index (χ0v) is 21.5. The van der Waals surface area contributed by atoms with Crippen LogP contribution >= 0.6 is 34.0 Å². The first-order chi connectivity index (χ1) is 14.8. The highest BCUT2D eigenvalue weighted by molar-refractivity contribution is 7.25. The molecule has 2 nitrogen and oxygen atoms in total. The van der Waals surface area contributed by atoms with E-state index in [1.54, 1.807) is 22.7 Å². The predicted molar refractivity (Wildman–Crippen MR) is 138 cm³/mol. The number of benzene rings is 1. The van der Waals surface area contributed by atoms with E-state index in [2.05, 4.69) is 88.7 Å². The first-order valence-electron chi connectivity index (χ1n) is 10.7. The summed E-state index contributed by atoms with van der Waals surface area (Å²) >= 11 is 5.46. The van der Waals surface area contributed by atoms with Crippen molar-refractivity contribution in [1.29, 1.82) is 0 Å². The van der Waals surface area contributed by atoms with Crippen LogP contribution in [-0.4, -0.2) is 13.2 Å². The summed E-state index contributed by atoms with van der Waals surface area (Å²) in [5.74, 6) is 0. The molecule has 0 saturated carbocycles. The van der Waals surface area contributed by atoms with Crippen LogP contribution in [0.1, 0.15) is 52.7 Å². The standard InChI is InChI=1S/C26H30O2S3/c1-7-27-25(3,4)19-11-13-29-23(19)18-10-9-17-15-22(31-21(17)16-18)24-20(12-14-30-24)26(5,6)28-8-2/h9-16H,7-8H2,1-6H3. The smallest absolute Gasteiger partial charge is 0.0889 e. The van der Waals surface area contributed by atoms with E-state index in [1.165, 1.54) is 41.4 Å². The van der Waals surface area contributed by atoms with Gasteiger partial charge in [-0.3, -0.25) is 0 Å². The Kier molecular flexibility index (Phi) is 6.44. The molecule has 0 spiro atoms. The van der Waals surface area contributed by atoms with Gasteiger partial charge in [-0.2, -0.15) is 0 Å². The summed E-state index contributed by atoms with van der Waals surface area (Å²) < 4.78 is 13.4. The van der Waals surface area contributed by atoms with Gasteiger partial charge in [-0.25, -0.2) is 0 Å². The minimum absolute atomic E-state index is 0.290. The number of hydrogen-bond donors (Lipinski definition) is 0. The predicted octanol–water partition coefficient (Wildman–Crippen LogP) is 8.90. The quantitative estimate of drug-likeness (QED) is 0.256. The first kappa shape index (κ1) is 22.7. The molecule has 0 aliphatic rings. The molecule has 0 N–H and O–H groups in total. The molecule has 0 aliphatic carbocycles. The molecular formula is C26H30O2S3. The minimum atomic E-state index is -0.295. The average Bonchev–Trinajstić information content (AvgIpc) is 3.45. The highest BCUT2D eigenvalue weighted by Crippen LogP contribution is 2.45. The Hall–Kier alpha value is -1.50. The van der Waals surface area contributed by atoms with Crippen molar-refractivity contribution in [2.45, 2.75) is 52.7 Å². The van der Waals surface area contributed by atoms with Crippen LogP contribution in [0.5, 0.6) is 0 Å². The highest BCUT2D eigenvalue weighted by atomic mass is 32.1. The van der Waals surface area contributed by atoms with E-state index in [-0.39, 0.29) is 11.2 Å². The normalized spacial score (nSPS) is 12.7. The molecule has 0 radical (unpaired) electrons. The van der Waals surface area contributed by atoms with Crippen LogP contribution in [0.15, 0.2) is 47.2 Å². The zero-order valence-electron chi connectivity index (χ0n) is 19.1. The maximum absolute atomic E-state index is 6.04. The van der Waals surface area contributed by atoms with Crippen molar-refractivity contribution in [2.24, 2.45) is 0 Å². The fourth-order valence-corrected chi connectivity index (χ4v) is 7.47. The van der Waals surface area contributed by atoms with E-state index in [4.69, 9.17) is 9.47 Å². The van der Waals surface area contributed by atoms with Crippen LogP contribution in [-0.2, 0) is 20.7 Å². The van der Waals surface area contributed by atoms with Gasteiger partial charge in [-0.15, -0.1) is 34.0 Å². The van der Waals surface area contributed by atoms with Crippen LogP contribution in [0, 0.1) is 0 Å². The monoisotopic (exact) mass is 470 g/mol. The lowest BCUT2D eigenvalue weighted by molar-refractivity contribution is -0.0136. The topological polar surface area (TPSA) is 18.5 Å². The van der Waals surface area contributed by atoms with E-state index in [0.717, 1.165) is 0 Å². The molecule has 5 heteroatoms. The van der Waals surface area contributed by atoms with Gasteiger partial charge in [0, 0.05) is 38.8 Å². The van der Waals surface area contributed by atoms with E-state index in [0.29, 0.717) is 13.2 Å². The van der Waals surface area contributed by atoms with Crippen molar-refractivity contribution in [3.8, 4) is 20.2 Å². The summed E-state index contributed by atoms with van der Waals surface area (Å²) in [6, 6.07) is 13.6. The third kappa shape index (κ3) is 4.39. The minimum Gasteiger partial charge on any atom is -0.371 e. The lowest BCUT2D eigenvalue weighted by atomic mass is 9.95. The molecule has 0 bridgehead atoms. The fourth-order valence-electron chi connectivity index (χ4n) is 4.14. The van der Waals surface area contributed by atoms with Gasteiger partial charge in [0.2, 0.25) is 0 Å². The molecule has 3 aromatic heterocycles. The molecule has 0 amide bonds. The van der Waals surface area contributed by atoms with Crippen molar-refractivity contribution in [3.05, 3.63) is 58.3 Å². The second kappa shape index (κ2) is 8.80. The summed E-state index contributed by atoms with van der Waals surface area (Å²) in [6.45, 7) is 14.2. The van der Waals surface area contributed by atoms with Gasteiger partial charge in [0.05, 0.1) is 16.1 Å². The molecule has 4 rings (SSSR count). The number of thiophene rings is 3. The van der Waals surface area contributed by atoms with E-state index in [1.807, 2.05) is 11.3 Å². The van der Waals surface area contributed by atoms with Crippen LogP contribution in [0.4, 0.5) is 0 Å². The van der Waals surface area contributed by atoms with Crippen LogP contribution < -0.4 is 0 Å². The van der Waals surface area contributed by atoms with Gasteiger partial charge in [0.25, 0.3) is 0 Å². The number of rotatable bonds is 8. The van der Waals surface area contributed by atoms with E-state index >= 15 is 0 Å². The van der Waals surface area contributed by atoms with Crippen LogP contribution in [0.3, 0.4) is 0 Å². The van der Waals surface area contributed by atoms with Gasteiger partial charge in [0.15, 0.2) is 0 Å². The third-order valence-corrected chi connectivity index (χ3v) is 8.80. The zero-order chi connectivity index (χ0) is 22.2. The maximum atomic E-state index is 6.04. The Labute approximate surface area is 197 Å². The van der Waals surface area contributed by atoms with Gasteiger partial charge in [-0.1, -0.05) is 12.1 Å². The molecule has 0 aliphatic heterocycles. The summed E-state index contributed by atoms with van der Waals surface area (Å²) in [4.78, 5) is 3.92. The lowest BCUT2D eigenvalue weighted by Crippen LogP contribution is -2.21. The van der Waals surface area contributed by atoms with Gasteiger partial charge < -0.3 is 9.47 Å². The summed E-state index contributed by atoms with van der Waals surface area (Å²) in [6.07, 6.45) is 0. The van der Waals surface area contributed by atoms with E-state index < -0.39 is 0 Å². The largest absolute Gasteiger partial charge is 0.371 e.